The van der Waals surface area contributed by atoms with Gasteiger partial charge in [-0.15, -0.1) is 0 Å². The number of nitro groups is 1. The molecule has 7 heteroatoms. The van der Waals surface area contributed by atoms with Crippen molar-refractivity contribution in [1.82, 2.24) is 4.98 Å². The Balaban J connectivity index is 2.80. The predicted octanol–water partition coefficient (Wildman–Crippen LogP) is 1.23. The third-order valence-corrected chi connectivity index (χ3v) is 1.71. The van der Waals surface area contributed by atoms with Crippen molar-refractivity contribution >= 4 is 11.8 Å². The van der Waals surface area contributed by atoms with Gasteiger partial charge >= 0.3 is 11.8 Å². The molecule has 16 heavy (non-hydrogen) atoms. The van der Waals surface area contributed by atoms with Crippen LogP contribution >= 0.6 is 0 Å². The van der Waals surface area contributed by atoms with Crippen molar-refractivity contribution in [2.24, 2.45) is 0 Å². The molecule has 0 aliphatic carbocycles. The number of aromatic nitrogens is 1. The van der Waals surface area contributed by atoms with E-state index in [2.05, 4.69) is 4.98 Å². The number of nitrogens with zero attached hydrogens (tertiary/aromatic N) is 2. The van der Waals surface area contributed by atoms with Crippen LogP contribution in [0.1, 0.15) is 13.3 Å². The van der Waals surface area contributed by atoms with Crippen LogP contribution in [0, 0.1) is 10.1 Å². The fraction of sp³-hybridized carbons (Fsp3) is 0.333. The molecule has 1 aromatic heterocycles. The van der Waals surface area contributed by atoms with Crippen molar-refractivity contribution in [3.05, 3.63) is 28.4 Å². The predicted molar refractivity (Wildman–Crippen MR) is 53.2 cm³/mol. The average molecular weight is 226 g/mol. The lowest BCUT2D eigenvalue weighted by Gasteiger charge is -2.11. The number of carbonyl (C=O) groups is 1. The third kappa shape index (κ3) is 3.19. The highest BCUT2D eigenvalue weighted by Gasteiger charge is 2.18. The Morgan fingerprint density at radius 1 is 1.75 bits per heavy atom. The third-order valence-electron chi connectivity index (χ3n) is 1.71. The first kappa shape index (κ1) is 11.9. The van der Waals surface area contributed by atoms with Gasteiger partial charge in [-0.05, 0) is 29.0 Å². The summed E-state index contributed by atoms with van der Waals surface area (Å²) in [5.41, 5.74) is 0. The lowest BCUT2D eigenvalue weighted by Crippen LogP contribution is -2.17. The summed E-state index contributed by atoms with van der Waals surface area (Å²) in [4.78, 5) is 23.8. The molecule has 0 aliphatic rings. The zero-order valence-electron chi connectivity index (χ0n) is 8.49. The number of ether oxygens (including phenoxy) is 1. The molecule has 0 spiro atoms. The molecule has 1 rings (SSSR count). The van der Waals surface area contributed by atoms with Crippen molar-refractivity contribution in [3.8, 4) is 5.75 Å². The Morgan fingerprint density at radius 2 is 2.44 bits per heavy atom. The van der Waals surface area contributed by atoms with Crippen LogP contribution in [-0.2, 0) is 4.79 Å². The molecule has 1 atom stereocenters. The lowest BCUT2D eigenvalue weighted by molar-refractivity contribution is -0.390. The largest absolute Gasteiger partial charge is 0.482 e. The van der Waals surface area contributed by atoms with E-state index in [9.17, 15) is 14.9 Å². The van der Waals surface area contributed by atoms with E-state index in [4.69, 9.17) is 9.84 Å². The average Bonchev–Trinajstić information content (AvgIpc) is 2.16. The maximum atomic E-state index is 10.6. The lowest BCUT2D eigenvalue weighted by atomic mass is 10.3. The number of pyridine rings is 1. The zero-order chi connectivity index (χ0) is 12.1. The van der Waals surface area contributed by atoms with Crippen molar-refractivity contribution in [1.29, 1.82) is 0 Å². The van der Waals surface area contributed by atoms with Gasteiger partial charge in [-0.2, -0.15) is 0 Å². The second-order valence-electron chi connectivity index (χ2n) is 3.11. The Hall–Kier alpha value is -2.18. The molecule has 0 radical (unpaired) electrons. The number of carboxylic acids is 1. The number of hydrogen-bond acceptors (Lipinski definition) is 5. The number of carboxylic acid groups (broad SMARTS) is 1. The maximum absolute atomic E-state index is 10.6. The van der Waals surface area contributed by atoms with Gasteiger partial charge < -0.3 is 20.0 Å². The number of hydrogen-bond donors (Lipinski definition) is 1. The van der Waals surface area contributed by atoms with Crippen LogP contribution < -0.4 is 4.74 Å². The Labute approximate surface area is 90.8 Å². The van der Waals surface area contributed by atoms with E-state index in [0.717, 1.165) is 0 Å². The van der Waals surface area contributed by atoms with Gasteiger partial charge in [0, 0.05) is 0 Å². The first-order chi connectivity index (χ1) is 7.50. The van der Waals surface area contributed by atoms with Gasteiger partial charge in [-0.1, -0.05) is 0 Å². The van der Waals surface area contributed by atoms with Gasteiger partial charge in [-0.3, -0.25) is 4.79 Å². The van der Waals surface area contributed by atoms with Crippen molar-refractivity contribution in [3.63, 3.8) is 0 Å². The number of rotatable bonds is 5. The molecule has 7 nitrogen and oxygen atoms in total. The van der Waals surface area contributed by atoms with E-state index in [0.29, 0.717) is 0 Å². The summed E-state index contributed by atoms with van der Waals surface area (Å²) in [5, 5.41) is 19.1. The zero-order valence-corrected chi connectivity index (χ0v) is 8.49. The molecule has 0 unspecified atom stereocenters. The Bertz CT molecular complexity index is 407. The van der Waals surface area contributed by atoms with Crippen molar-refractivity contribution < 1.29 is 19.6 Å². The van der Waals surface area contributed by atoms with Crippen LogP contribution in [0.3, 0.4) is 0 Å². The van der Waals surface area contributed by atoms with Crippen LogP contribution in [0.5, 0.6) is 5.75 Å². The molecule has 0 aliphatic heterocycles. The molecule has 86 valence electrons. The summed E-state index contributed by atoms with van der Waals surface area (Å²) in [5.74, 6) is -1.47. The van der Waals surface area contributed by atoms with Gasteiger partial charge in [0.2, 0.25) is 5.75 Å². The van der Waals surface area contributed by atoms with E-state index in [-0.39, 0.29) is 12.2 Å². The van der Waals surface area contributed by atoms with Crippen LogP contribution in [0.15, 0.2) is 18.3 Å². The molecule has 0 aromatic carbocycles. The smallest absolute Gasteiger partial charge is 0.406 e. The number of aliphatic carboxylic acids is 1. The summed E-state index contributed by atoms with van der Waals surface area (Å²) in [6, 6.07) is 2.86. The molecule has 0 saturated carbocycles. The quantitative estimate of drug-likeness (QED) is 0.598. The van der Waals surface area contributed by atoms with Gasteiger partial charge in [0.15, 0.2) is 0 Å². The normalized spacial score (nSPS) is 11.8. The van der Waals surface area contributed by atoms with E-state index < -0.39 is 22.8 Å². The second kappa shape index (κ2) is 5.06. The minimum Gasteiger partial charge on any atom is -0.482 e. The van der Waals surface area contributed by atoms with E-state index in [1.165, 1.54) is 25.3 Å². The molecule has 0 saturated heterocycles. The fourth-order valence-corrected chi connectivity index (χ4v) is 1.12. The highest BCUT2D eigenvalue weighted by atomic mass is 16.6. The molecule has 0 bridgehead atoms. The molecular weight excluding hydrogens is 216 g/mol. The molecule has 1 aromatic rings. The van der Waals surface area contributed by atoms with E-state index in [1.54, 1.807) is 0 Å². The summed E-state index contributed by atoms with van der Waals surface area (Å²) >= 11 is 0. The Morgan fingerprint density at radius 3 is 3.00 bits per heavy atom. The molecule has 0 amide bonds. The van der Waals surface area contributed by atoms with Crippen LogP contribution in [0.4, 0.5) is 5.82 Å². The summed E-state index contributed by atoms with van der Waals surface area (Å²) in [6.45, 7) is 1.52. The van der Waals surface area contributed by atoms with Gasteiger partial charge in [0.05, 0.1) is 6.42 Å². The second-order valence-corrected chi connectivity index (χ2v) is 3.11. The first-order valence-corrected chi connectivity index (χ1v) is 4.48. The van der Waals surface area contributed by atoms with E-state index >= 15 is 0 Å². The minimum absolute atomic E-state index is 0.0266. The molecule has 0 fully saturated rings. The molecule has 1 N–H and O–H groups in total. The monoisotopic (exact) mass is 226 g/mol. The maximum Gasteiger partial charge on any atom is 0.406 e. The summed E-state index contributed by atoms with van der Waals surface area (Å²) < 4.78 is 5.13. The van der Waals surface area contributed by atoms with Crippen molar-refractivity contribution in [2.45, 2.75) is 19.4 Å². The van der Waals surface area contributed by atoms with Gasteiger partial charge in [-0.25, -0.2) is 0 Å². The standard InChI is InChI=1S/C9H10N2O5/c1-6(5-8(12)13)16-7-3-2-4-10-9(7)11(14)15/h2-4,6H,5H2,1H3,(H,12,13)/t6-/m0/s1. The van der Waals surface area contributed by atoms with Crippen molar-refractivity contribution in [2.75, 3.05) is 0 Å². The van der Waals surface area contributed by atoms with Gasteiger partial charge in [0.1, 0.15) is 12.3 Å². The van der Waals surface area contributed by atoms with Crippen LogP contribution in [0.25, 0.3) is 0 Å². The summed E-state index contributed by atoms with van der Waals surface area (Å²) in [6.07, 6.45) is 0.388. The fourth-order valence-electron chi connectivity index (χ4n) is 1.12. The summed E-state index contributed by atoms with van der Waals surface area (Å²) in [7, 11) is 0. The highest BCUT2D eigenvalue weighted by Crippen LogP contribution is 2.24. The van der Waals surface area contributed by atoms with E-state index in [1.807, 2.05) is 0 Å². The highest BCUT2D eigenvalue weighted by molar-refractivity contribution is 5.67. The Kier molecular flexibility index (Phi) is 3.76. The minimum atomic E-state index is -1.03. The van der Waals surface area contributed by atoms with Crippen LogP contribution in [-0.4, -0.2) is 27.1 Å². The van der Waals surface area contributed by atoms with Crippen LogP contribution in [0.2, 0.25) is 0 Å². The molecule has 1 heterocycles. The first-order valence-electron chi connectivity index (χ1n) is 4.48. The van der Waals surface area contributed by atoms with Gasteiger partial charge in [0.25, 0.3) is 0 Å². The SMILES string of the molecule is C[C@@H](CC(=O)O)Oc1cccnc1[N+](=O)[O-]. The topological polar surface area (TPSA) is 103 Å². The molecular formula is C9H10N2O5.